The molecule has 0 aromatic heterocycles. The van der Waals surface area contributed by atoms with Crippen molar-refractivity contribution in [3.8, 4) is 11.8 Å². The quantitative estimate of drug-likeness (QED) is 0.571. The highest BCUT2D eigenvalue weighted by molar-refractivity contribution is 5.72. The number of rotatable bonds is 2. The van der Waals surface area contributed by atoms with Crippen LogP contribution in [0, 0.1) is 11.8 Å². The van der Waals surface area contributed by atoms with E-state index in [1.54, 1.807) is 12.1 Å². The fourth-order valence-electron chi connectivity index (χ4n) is 1.09. The van der Waals surface area contributed by atoms with E-state index in [1.165, 1.54) is 7.11 Å². The monoisotopic (exact) mass is 204 g/mol. The van der Waals surface area contributed by atoms with Gasteiger partial charge in [-0.05, 0) is 17.7 Å². The molecule has 0 heterocycles. The molecule has 0 aliphatic rings. The van der Waals surface area contributed by atoms with Crippen LogP contribution in [0.2, 0.25) is 0 Å². The van der Waals surface area contributed by atoms with E-state index in [4.69, 9.17) is 5.11 Å². The van der Waals surface area contributed by atoms with Crippen LogP contribution in [0.3, 0.4) is 0 Å². The molecule has 0 spiro atoms. The highest BCUT2D eigenvalue weighted by atomic mass is 16.5. The van der Waals surface area contributed by atoms with Crippen molar-refractivity contribution in [1.29, 1.82) is 0 Å². The van der Waals surface area contributed by atoms with Crippen LogP contribution < -0.4 is 0 Å². The maximum absolute atomic E-state index is 11.0. The number of hydrogen-bond acceptors (Lipinski definition) is 3. The molecule has 78 valence electrons. The molecule has 0 saturated carbocycles. The third-order valence-corrected chi connectivity index (χ3v) is 1.84. The molecule has 0 unspecified atom stereocenters. The Morgan fingerprint density at radius 3 is 2.60 bits per heavy atom. The van der Waals surface area contributed by atoms with Crippen molar-refractivity contribution < 1.29 is 14.6 Å². The van der Waals surface area contributed by atoms with Crippen molar-refractivity contribution in [3.63, 3.8) is 0 Å². The average molecular weight is 204 g/mol. The van der Waals surface area contributed by atoms with E-state index in [0.29, 0.717) is 0 Å². The normalized spacial score (nSPS) is 8.93. The van der Waals surface area contributed by atoms with Crippen LogP contribution in [0.4, 0.5) is 0 Å². The Labute approximate surface area is 88.7 Å². The SMILES string of the molecule is COC(=O)Cc1ccc(C#CCO)cc1. The van der Waals surface area contributed by atoms with E-state index in [-0.39, 0.29) is 19.0 Å². The van der Waals surface area contributed by atoms with Gasteiger partial charge in [0.25, 0.3) is 0 Å². The lowest BCUT2D eigenvalue weighted by Gasteiger charge is -1.99. The van der Waals surface area contributed by atoms with Crippen LogP contribution in [0.5, 0.6) is 0 Å². The molecule has 1 aromatic rings. The van der Waals surface area contributed by atoms with Crippen molar-refractivity contribution in [3.05, 3.63) is 35.4 Å². The Morgan fingerprint density at radius 2 is 2.07 bits per heavy atom. The Hall–Kier alpha value is -1.79. The number of ether oxygens (including phenoxy) is 1. The molecule has 0 atom stereocenters. The summed E-state index contributed by atoms with van der Waals surface area (Å²) in [5.41, 5.74) is 1.70. The van der Waals surface area contributed by atoms with Gasteiger partial charge in [0, 0.05) is 5.56 Å². The van der Waals surface area contributed by atoms with Gasteiger partial charge in [-0.1, -0.05) is 24.0 Å². The molecular weight excluding hydrogens is 192 g/mol. The summed E-state index contributed by atoms with van der Waals surface area (Å²) >= 11 is 0. The van der Waals surface area contributed by atoms with Crippen LogP contribution in [-0.4, -0.2) is 24.8 Å². The largest absolute Gasteiger partial charge is 0.469 e. The Balaban J connectivity index is 2.68. The van der Waals surface area contributed by atoms with Gasteiger partial charge in [0.2, 0.25) is 0 Å². The molecule has 3 nitrogen and oxygen atoms in total. The number of aliphatic hydroxyl groups is 1. The van der Waals surface area contributed by atoms with E-state index in [9.17, 15) is 4.79 Å². The highest BCUT2D eigenvalue weighted by Crippen LogP contribution is 2.04. The number of hydrogen-bond donors (Lipinski definition) is 1. The fourth-order valence-corrected chi connectivity index (χ4v) is 1.09. The summed E-state index contributed by atoms with van der Waals surface area (Å²) in [6, 6.07) is 7.25. The third kappa shape index (κ3) is 3.84. The van der Waals surface area contributed by atoms with Crippen molar-refractivity contribution in [2.24, 2.45) is 0 Å². The lowest BCUT2D eigenvalue weighted by atomic mass is 10.1. The summed E-state index contributed by atoms with van der Waals surface area (Å²) < 4.78 is 4.55. The minimum atomic E-state index is -0.260. The molecule has 1 N–H and O–H groups in total. The molecule has 0 aliphatic heterocycles. The molecule has 0 aliphatic carbocycles. The van der Waals surface area contributed by atoms with Gasteiger partial charge in [0.1, 0.15) is 6.61 Å². The van der Waals surface area contributed by atoms with Crippen LogP contribution in [0.25, 0.3) is 0 Å². The van der Waals surface area contributed by atoms with Crippen molar-refractivity contribution in [2.75, 3.05) is 13.7 Å². The maximum Gasteiger partial charge on any atom is 0.309 e. The van der Waals surface area contributed by atoms with Gasteiger partial charge >= 0.3 is 5.97 Å². The molecular formula is C12H12O3. The zero-order valence-corrected chi connectivity index (χ0v) is 8.49. The van der Waals surface area contributed by atoms with Gasteiger partial charge in [-0.2, -0.15) is 0 Å². The number of aliphatic hydroxyl groups excluding tert-OH is 1. The Bertz CT molecular complexity index is 382. The summed E-state index contributed by atoms with van der Waals surface area (Å²) in [6.07, 6.45) is 0.268. The zero-order valence-electron chi connectivity index (χ0n) is 8.49. The summed E-state index contributed by atoms with van der Waals surface area (Å²) in [6.45, 7) is -0.149. The smallest absolute Gasteiger partial charge is 0.309 e. The number of methoxy groups -OCH3 is 1. The molecule has 1 aromatic carbocycles. The molecule has 0 fully saturated rings. The average Bonchev–Trinajstić information content (AvgIpc) is 2.28. The van der Waals surface area contributed by atoms with E-state index < -0.39 is 0 Å². The summed E-state index contributed by atoms with van der Waals surface area (Å²) in [5, 5.41) is 8.50. The van der Waals surface area contributed by atoms with Crippen LogP contribution in [0.1, 0.15) is 11.1 Å². The number of carbonyl (C=O) groups excluding carboxylic acids is 1. The molecule has 0 radical (unpaired) electrons. The van der Waals surface area contributed by atoms with Gasteiger partial charge < -0.3 is 9.84 Å². The van der Waals surface area contributed by atoms with Gasteiger partial charge in [-0.15, -0.1) is 0 Å². The summed E-state index contributed by atoms with van der Waals surface area (Å²) in [7, 11) is 1.36. The van der Waals surface area contributed by atoms with Gasteiger partial charge in [0.05, 0.1) is 13.5 Å². The van der Waals surface area contributed by atoms with Crippen molar-refractivity contribution >= 4 is 5.97 Å². The van der Waals surface area contributed by atoms with E-state index in [0.717, 1.165) is 11.1 Å². The minimum absolute atomic E-state index is 0.149. The zero-order chi connectivity index (χ0) is 11.1. The van der Waals surface area contributed by atoms with Gasteiger partial charge in [-0.25, -0.2) is 0 Å². The first-order valence-corrected chi connectivity index (χ1v) is 4.51. The second kappa shape index (κ2) is 5.84. The molecule has 0 amide bonds. The Morgan fingerprint density at radius 1 is 1.40 bits per heavy atom. The number of esters is 1. The summed E-state index contributed by atoms with van der Waals surface area (Å²) in [5.74, 6) is 5.06. The van der Waals surface area contributed by atoms with E-state index >= 15 is 0 Å². The molecule has 1 rings (SSSR count). The van der Waals surface area contributed by atoms with Crippen LogP contribution >= 0.6 is 0 Å². The molecule has 15 heavy (non-hydrogen) atoms. The highest BCUT2D eigenvalue weighted by Gasteiger charge is 2.01. The molecule has 0 bridgehead atoms. The van der Waals surface area contributed by atoms with Crippen LogP contribution in [-0.2, 0) is 16.0 Å². The lowest BCUT2D eigenvalue weighted by Crippen LogP contribution is -2.04. The third-order valence-electron chi connectivity index (χ3n) is 1.84. The first-order chi connectivity index (χ1) is 7.26. The van der Waals surface area contributed by atoms with Gasteiger partial charge in [0.15, 0.2) is 0 Å². The summed E-state index contributed by atoms with van der Waals surface area (Å²) in [4.78, 5) is 11.0. The predicted molar refractivity (Wildman–Crippen MR) is 56.1 cm³/mol. The first kappa shape index (κ1) is 11.3. The fraction of sp³-hybridized carbons (Fsp3) is 0.250. The number of carbonyl (C=O) groups is 1. The number of benzene rings is 1. The Kier molecular flexibility index (Phi) is 4.39. The van der Waals surface area contributed by atoms with Crippen molar-refractivity contribution in [1.82, 2.24) is 0 Å². The lowest BCUT2D eigenvalue weighted by molar-refractivity contribution is -0.139. The van der Waals surface area contributed by atoms with E-state index in [2.05, 4.69) is 16.6 Å². The van der Waals surface area contributed by atoms with E-state index in [1.807, 2.05) is 12.1 Å². The van der Waals surface area contributed by atoms with Gasteiger partial charge in [-0.3, -0.25) is 4.79 Å². The minimum Gasteiger partial charge on any atom is -0.469 e. The standard InChI is InChI=1S/C12H12O3/c1-15-12(14)9-11-6-4-10(5-7-11)3-2-8-13/h4-7,13H,8-9H2,1H3. The second-order valence-corrected chi connectivity index (χ2v) is 2.91. The first-order valence-electron chi connectivity index (χ1n) is 4.51. The van der Waals surface area contributed by atoms with Crippen LogP contribution in [0.15, 0.2) is 24.3 Å². The van der Waals surface area contributed by atoms with Crippen molar-refractivity contribution in [2.45, 2.75) is 6.42 Å². The molecule has 3 heteroatoms. The molecule has 0 saturated heterocycles. The predicted octanol–water partition coefficient (Wildman–Crippen LogP) is 0.746. The topological polar surface area (TPSA) is 46.5 Å². The second-order valence-electron chi connectivity index (χ2n) is 2.91. The maximum atomic E-state index is 11.0.